The van der Waals surface area contributed by atoms with Crippen LogP contribution in [-0.4, -0.2) is 44.6 Å². The Balaban J connectivity index is 1.69. The molecular weight excluding hydrogens is 324 g/mol. The number of hydrogen-bond acceptors (Lipinski definition) is 4. The fourth-order valence-corrected chi connectivity index (χ4v) is 3.28. The van der Waals surface area contributed by atoms with Crippen LogP contribution in [0.1, 0.15) is 30.1 Å². The van der Waals surface area contributed by atoms with Gasteiger partial charge in [0.15, 0.2) is 0 Å². The Morgan fingerprint density at radius 2 is 1.85 bits per heavy atom. The molecule has 5 heteroatoms. The van der Waals surface area contributed by atoms with Crippen molar-refractivity contribution in [2.45, 2.75) is 19.8 Å². The number of nitrogens with one attached hydrogen (secondary N) is 2. The second-order valence-electron chi connectivity index (χ2n) is 7.65. The van der Waals surface area contributed by atoms with Crippen LogP contribution in [0.15, 0.2) is 42.7 Å². The molecule has 2 heterocycles. The van der Waals surface area contributed by atoms with Gasteiger partial charge in [0.1, 0.15) is 0 Å². The zero-order valence-corrected chi connectivity index (χ0v) is 15.9. The molecule has 1 aromatic heterocycles. The van der Waals surface area contributed by atoms with E-state index < -0.39 is 0 Å². The Bertz CT molecular complexity index is 749. The second kappa shape index (κ2) is 7.87. The number of carbonyl (C=O) groups excluding carboxylic acids is 1. The molecule has 1 amide bonds. The van der Waals surface area contributed by atoms with Gasteiger partial charge in [0.2, 0.25) is 0 Å². The van der Waals surface area contributed by atoms with Crippen LogP contribution < -0.4 is 15.5 Å². The van der Waals surface area contributed by atoms with E-state index in [4.69, 9.17) is 0 Å². The van der Waals surface area contributed by atoms with Gasteiger partial charge in [-0.2, -0.15) is 0 Å². The number of rotatable bonds is 5. The lowest BCUT2D eigenvalue weighted by atomic mass is 9.81. The summed E-state index contributed by atoms with van der Waals surface area (Å²) in [4.78, 5) is 18.9. The molecule has 2 aromatic rings. The van der Waals surface area contributed by atoms with Gasteiger partial charge in [0.25, 0.3) is 5.91 Å². The van der Waals surface area contributed by atoms with Crippen LogP contribution in [-0.2, 0) is 0 Å². The number of amides is 1. The summed E-state index contributed by atoms with van der Waals surface area (Å²) in [7, 11) is 4.04. The van der Waals surface area contributed by atoms with Gasteiger partial charge in [-0.15, -0.1) is 0 Å². The summed E-state index contributed by atoms with van der Waals surface area (Å²) in [6.07, 6.45) is 5.61. The highest BCUT2D eigenvalue weighted by Gasteiger charge is 2.27. The molecular formula is C21H28N4O. The molecule has 1 aromatic carbocycles. The van der Waals surface area contributed by atoms with Crippen molar-refractivity contribution in [1.29, 1.82) is 0 Å². The Kier molecular flexibility index (Phi) is 5.57. The van der Waals surface area contributed by atoms with Gasteiger partial charge in [-0.25, -0.2) is 0 Å². The maximum atomic E-state index is 12.6. The highest BCUT2D eigenvalue weighted by Crippen LogP contribution is 2.27. The Hall–Kier alpha value is -2.40. The van der Waals surface area contributed by atoms with Gasteiger partial charge in [0.05, 0.1) is 5.56 Å². The molecule has 0 bridgehead atoms. The molecule has 0 aliphatic carbocycles. The molecule has 0 saturated carbocycles. The number of carbonyl (C=O) groups is 1. The molecule has 2 N–H and O–H groups in total. The molecule has 5 nitrogen and oxygen atoms in total. The SMILES string of the molecule is CN(C)c1ccc(-c2cncc(C(=O)NCC3(C)CCNCC3)c2)cc1. The van der Waals surface area contributed by atoms with Crippen LogP contribution in [0.25, 0.3) is 11.1 Å². The largest absolute Gasteiger partial charge is 0.378 e. The molecule has 1 aliphatic rings. The predicted molar refractivity (Wildman–Crippen MR) is 107 cm³/mol. The first-order valence-corrected chi connectivity index (χ1v) is 9.19. The molecule has 138 valence electrons. The average Bonchev–Trinajstić information content (AvgIpc) is 2.67. The Morgan fingerprint density at radius 3 is 2.50 bits per heavy atom. The summed E-state index contributed by atoms with van der Waals surface area (Å²) >= 11 is 0. The van der Waals surface area contributed by atoms with E-state index in [2.05, 4.69) is 51.7 Å². The minimum Gasteiger partial charge on any atom is -0.378 e. The third-order valence-electron chi connectivity index (χ3n) is 5.20. The zero-order chi connectivity index (χ0) is 18.6. The van der Waals surface area contributed by atoms with Crippen molar-refractivity contribution in [3.8, 4) is 11.1 Å². The highest BCUT2D eigenvalue weighted by molar-refractivity contribution is 5.95. The van der Waals surface area contributed by atoms with Crippen LogP contribution in [0.2, 0.25) is 0 Å². The number of benzene rings is 1. The molecule has 1 saturated heterocycles. The summed E-state index contributed by atoms with van der Waals surface area (Å²) in [5.74, 6) is -0.0518. The van der Waals surface area contributed by atoms with E-state index in [1.165, 1.54) is 0 Å². The van der Waals surface area contributed by atoms with E-state index in [1.807, 2.05) is 20.2 Å². The number of aromatic nitrogens is 1. The molecule has 1 aliphatic heterocycles. The third-order valence-corrected chi connectivity index (χ3v) is 5.20. The average molecular weight is 352 g/mol. The van der Waals surface area contributed by atoms with Gasteiger partial charge >= 0.3 is 0 Å². The summed E-state index contributed by atoms with van der Waals surface area (Å²) in [5.41, 5.74) is 3.94. The summed E-state index contributed by atoms with van der Waals surface area (Å²) < 4.78 is 0. The summed E-state index contributed by atoms with van der Waals surface area (Å²) in [6, 6.07) is 10.2. The molecule has 0 atom stereocenters. The second-order valence-corrected chi connectivity index (χ2v) is 7.65. The number of anilines is 1. The molecule has 0 unspecified atom stereocenters. The van der Waals surface area contributed by atoms with E-state index >= 15 is 0 Å². The lowest BCUT2D eigenvalue weighted by molar-refractivity contribution is 0.0922. The van der Waals surface area contributed by atoms with Crippen molar-refractivity contribution in [1.82, 2.24) is 15.6 Å². The maximum Gasteiger partial charge on any atom is 0.252 e. The number of nitrogens with zero attached hydrogens (tertiary/aromatic N) is 2. The smallest absolute Gasteiger partial charge is 0.252 e. The van der Waals surface area contributed by atoms with Crippen molar-refractivity contribution < 1.29 is 4.79 Å². The van der Waals surface area contributed by atoms with Crippen molar-refractivity contribution in [3.63, 3.8) is 0 Å². The van der Waals surface area contributed by atoms with Crippen LogP contribution in [0.3, 0.4) is 0 Å². The topological polar surface area (TPSA) is 57.3 Å². The fraction of sp³-hybridized carbons (Fsp3) is 0.429. The van der Waals surface area contributed by atoms with E-state index in [-0.39, 0.29) is 11.3 Å². The first kappa shape index (κ1) is 18.4. The summed E-state index contributed by atoms with van der Waals surface area (Å²) in [6.45, 7) is 4.99. The Morgan fingerprint density at radius 1 is 1.15 bits per heavy atom. The zero-order valence-electron chi connectivity index (χ0n) is 15.9. The fourth-order valence-electron chi connectivity index (χ4n) is 3.28. The number of hydrogen-bond donors (Lipinski definition) is 2. The van der Waals surface area contributed by atoms with Crippen LogP contribution in [0.4, 0.5) is 5.69 Å². The normalized spacial score (nSPS) is 16.1. The molecule has 0 spiro atoms. The Labute approximate surface area is 155 Å². The first-order valence-electron chi connectivity index (χ1n) is 9.19. The van der Waals surface area contributed by atoms with Gasteiger partial charge in [-0.1, -0.05) is 19.1 Å². The maximum absolute atomic E-state index is 12.6. The first-order chi connectivity index (χ1) is 12.5. The summed E-state index contributed by atoms with van der Waals surface area (Å²) in [5, 5.41) is 6.47. The van der Waals surface area contributed by atoms with E-state index in [0.717, 1.165) is 42.7 Å². The monoisotopic (exact) mass is 352 g/mol. The minimum atomic E-state index is -0.0518. The van der Waals surface area contributed by atoms with E-state index in [9.17, 15) is 4.79 Å². The predicted octanol–water partition coefficient (Wildman–Crippen LogP) is 2.93. The minimum absolute atomic E-state index is 0.0518. The standard InChI is InChI=1S/C21H28N4O/c1-21(8-10-22-11-9-21)15-24-20(26)18-12-17(13-23-14-18)16-4-6-19(7-5-16)25(2)3/h4-7,12-14,22H,8-11,15H2,1-3H3,(H,24,26). The van der Waals surface area contributed by atoms with Crippen LogP contribution >= 0.6 is 0 Å². The van der Waals surface area contributed by atoms with Gasteiger partial charge < -0.3 is 15.5 Å². The highest BCUT2D eigenvalue weighted by atomic mass is 16.1. The van der Waals surface area contributed by atoms with E-state index in [0.29, 0.717) is 12.1 Å². The van der Waals surface area contributed by atoms with Crippen LogP contribution in [0.5, 0.6) is 0 Å². The van der Waals surface area contributed by atoms with Crippen molar-refractivity contribution in [3.05, 3.63) is 48.3 Å². The third kappa shape index (κ3) is 4.41. The van der Waals surface area contributed by atoms with Crippen molar-refractivity contribution >= 4 is 11.6 Å². The molecule has 0 radical (unpaired) electrons. The van der Waals surface area contributed by atoms with Gasteiger partial charge in [-0.05, 0) is 55.1 Å². The van der Waals surface area contributed by atoms with Gasteiger partial charge in [0, 0.05) is 44.3 Å². The van der Waals surface area contributed by atoms with Gasteiger partial charge in [-0.3, -0.25) is 9.78 Å². The quantitative estimate of drug-likeness (QED) is 0.869. The lowest BCUT2D eigenvalue weighted by Crippen LogP contribution is -2.42. The van der Waals surface area contributed by atoms with Crippen molar-refractivity contribution in [2.75, 3.05) is 38.6 Å². The molecule has 3 rings (SSSR count). The van der Waals surface area contributed by atoms with Crippen LogP contribution in [0, 0.1) is 5.41 Å². The van der Waals surface area contributed by atoms with Crippen molar-refractivity contribution in [2.24, 2.45) is 5.41 Å². The number of pyridine rings is 1. The lowest BCUT2D eigenvalue weighted by Gasteiger charge is -2.34. The molecule has 26 heavy (non-hydrogen) atoms. The van der Waals surface area contributed by atoms with E-state index in [1.54, 1.807) is 12.4 Å². The molecule has 1 fully saturated rings. The number of piperidine rings is 1.